The highest BCUT2D eigenvalue weighted by atomic mass is 16.5. The van der Waals surface area contributed by atoms with Crippen LogP contribution in [0.2, 0.25) is 0 Å². The van der Waals surface area contributed by atoms with Crippen LogP contribution in [-0.4, -0.2) is 60.6 Å². The van der Waals surface area contributed by atoms with E-state index in [0.29, 0.717) is 38.2 Å². The van der Waals surface area contributed by atoms with Gasteiger partial charge in [0.25, 0.3) is 0 Å². The summed E-state index contributed by atoms with van der Waals surface area (Å²) in [4.78, 5) is 39.9. The third kappa shape index (κ3) is 3.15. The highest BCUT2D eigenvalue weighted by Gasteiger charge is 2.64. The Hall–Kier alpha value is -1.99. The van der Waals surface area contributed by atoms with E-state index in [1.165, 1.54) is 4.90 Å². The van der Waals surface area contributed by atoms with Crippen LogP contribution in [0.15, 0.2) is 24.0 Å². The fraction of sp³-hybridized carbons (Fsp3) is 0.682. The van der Waals surface area contributed by atoms with Crippen molar-refractivity contribution in [3.63, 3.8) is 0 Å². The third-order valence-corrected chi connectivity index (χ3v) is 7.37. The van der Waals surface area contributed by atoms with Crippen molar-refractivity contribution in [2.75, 3.05) is 26.9 Å². The summed E-state index contributed by atoms with van der Waals surface area (Å²) in [5, 5.41) is 9.81. The van der Waals surface area contributed by atoms with Crippen molar-refractivity contribution in [2.24, 2.45) is 35.5 Å². The Kier molecular flexibility index (Phi) is 5.38. The maximum Gasteiger partial charge on any atom is 0.233 e. The fourth-order valence-electron chi connectivity index (χ4n) is 6.05. The zero-order valence-corrected chi connectivity index (χ0v) is 17.0. The Morgan fingerprint density at radius 1 is 1.21 bits per heavy atom. The largest absolute Gasteiger partial charge is 0.492 e. The van der Waals surface area contributed by atoms with Crippen LogP contribution in [0, 0.1) is 35.5 Å². The van der Waals surface area contributed by atoms with E-state index >= 15 is 0 Å². The molecule has 7 heteroatoms. The van der Waals surface area contributed by atoms with Crippen molar-refractivity contribution in [1.82, 2.24) is 4.90 Å². The number of hydrogen-bond acceptors (Lipinski definition) is 6. The zero-order valence-electron chi connectivity index (χ0n) is 17.0. The first-order valence-electron chi connectivity index (χ1n) is 10.4. The molecule has 3 aliphatic carbocycles. The lowest BCUT2D eigenvalue weighted by Gasteiger charge is -2.43. The van der Waals surface area contributed by atoms with Gasteiger partial charge in [-0.3, -0.25) is 14.5 Å². The van der Waals surface area contributed by atoms with Gasteiger partial charge in [0.1, 0.15) is 18.7 Å². The summed E-state index contributed by atoms with van der Waals surface area (Å²) in [5.41, 5.74) is -0.747. The number of allylic oxidation sites excluding steroid dienone is 1. The molecule has 0 spiro atoms. The van der Waals surface area contributed by atoms with E-state index in [2.05, 4.69) is 0 Å². The van der Waals surface area contributed by atoms with E-state index in [0.717, 1.165) is 6.29 Å². The van der Waals surface area contributed by atoms with Gasteiger partial charge in [-0.25, -0.2) is 0 Å². The molecule has 0 aromatic heterocycles. The minimum absolute atomic E-state index is 0.0434. The maximum absolute atomic E-state index is 13.4. The Morgan fingerprint density at radius 2 is 1.93 bits per heavy atom. The molecule has 1 heterocycles. The molecular weight excluding hydrogens is 374 g/mol. The first kappa shape index (κ1) is 20.3. The molecule has 4 aliphatic rings. The predicted octanol–water partition coefficient (Wildman–Crippen LogP) is 1.32. The molecule has 1 saturated heterocycles. The second-order valence-electron chi connectivity index (χ2n) is 8.94. The van der Waals surface area contributed by atoms with Crippen LogP contribution in [0.25, 0.3) is 0 Å². The van der Waals surface area contributed by atoms with E-state index in [9.17, 15) is 19.5 Å². The number of carbonyl (C=O) groups is 3. The number of amides is 2. The third-order valence-electron chi connectivity index (χ3n) is 7.37. The van der Waals surface area contributed by atoms with Crippen molar-refractivity contribution in [3.8, 4) is 0 Å². The van der Waals surface area contributed by atoms with Crippen molar-refractivity contribution in [3.05, 3.63) is 24.0 Å². The van der Waals surface area contributed by atoms with E-state index in [1.807, 2.05) is 25.2 Å². The number of imide groups is 1. The number of aldehydes is 1. The van der Waals surface area contributed by atoms with E-state index in [-0.39, 0.29) is 53.9 Å². The van der Waals surface area contributed by atoms with Crippen molar-refractivity contribution in [2.45, 2.75) is 31.7 Å². The molecule has 29 heavy (non-hydrogen) atoms. The minimum Gasteiger partial charge on any atom is -0.492 e. The van der Waals surface area contributed by atoms with Crippen LogP contribution in [0.3, 0.4) is 0 Å². The van der Waals surface area contributed by atoms with Gasteiger partial charge in [0.15, 0.2) is 0 Å². The highest BCUT2D eigenvalue weighted by molar-refractivity contribution is 6.02. The number of likely N-dealkylation sites (tertiary alicyclic amines) is 1. The van der Waals surface area contributed by atoms with Gasteiger partial charge < -0.3 is 19.4 Å². The van der Waals surface area contributed by atoms with Crippen LogP contribution >= 0.6 is 0 Å². The molecule has 6 unspecified atom stereocenters. The topological polar surface area (TPSA) is 93.1 Å². The lowest BCUT2D eigenvalue weighted by Crippen LogP contribution is -2.58. The summed E-state index contributed by atoms with van der Waals surface area (Å²) in [6.45, 7) is 2.77. The van der Waals surface area contributed by atoms with Crippen molar-refractivity contribution >= 4 is 18.1 Å². The summed E-state index contributed by atoms with van der Waals surface area (Å²) in [6.07, 6.45) is 8.06. The average molecular weight is 403 g/mol. The molecule has 0 radical (unpaired) electrons. The van der Waals surface area contributed by atoms with Crippen molar-refractivity contribution < 1.29 is 29.0 Å². The van der Waals surface area contributed by atoms with Crippen LogP contribution < -0.4 is 0 Å². The monoisotopic (exact) mass is 403 g/mol. The van der Waals surface area contributed by atoms with E-state index in [1.54, 1.807) is 7.11 Å². The van der Waals surface area contributed by atoms with Gasteiger partial charge in [-0.05, 0) is 56.1 Å². The average Bonchev–Trinajstić information content (AvgIpc) is 3.25. The number of rotatable bonds is 7. The number of methoxy groups -OCH3 is 1. The molecular formula is C22H29NO6. The summed E-state index contributed by atoms with van der Waals surface area (Å²) in [7, 11) is 1.61. The first-order valence-corrected chi connectivity index (χ1v) is 10.4. The Bertz CT molecular complexity index is 760. The Balaban J connectivity index is 1.57. The molecule has 2 saturated carbocycles. The Labute approximate surface area is 170 Å². The normalized spacial score (nSPS) is 40.8. The number of ether oxygens (including phenoxy) is 2. The lowest BCUT2D eigenvalue weighted by atomic mass is 9.81. The predicted molar refractivity (Wildman–Crippen MR) is 103 cm³/mol. The van der Waals surface area contributed by atoms with Gasteiger partial charge in [-0.2, -0.15) is 0 Å². The molecule has 2 bridgehead atoms. The number of carbonyl (C=O) groups excluding carboxylic acids is 3. The number of fused-ring (bicyclic) bond motifs is 5. The molecule has 1 N–H and O–H groups in total. The lowest BCUT2D eigenvalue weighted by molar-refractivity contribution is -0.159. The second kappa shape index (κ2) is 7.69. The number of aliphatic hydroxyl groups excluding tert-OH is 1. The summed E-state index contributed by atoms with van der Waals surface area (Å²) in [5.74, 6) is -0.783. The maximum atomic E-state index is 13.4. The van der Waals surface area contributed by atoms with Crippen molar-refractivity contribution in [1.29, 1.82) is 0 Å². The molecule has 7 nitrogen and oxygen atoms in total. The summed E-state index contributed by atoms with van der Waals surface area (Å²) >= 11 is 0. The van der Waals surface area contributed by atoms with Crippen LogP contribution in [0.4, 0.5) is 0 Å². The molecule has 2 amide bonds. The van der Waals surface area contributed by atoms with Gasteiger partial charge in [-0.1, -0.05) is 6.08 Å². The number of aliphatic hydroxyl groups is 1. The van der Waals surface area contributed by atoms with Gasteiger partial charge in [0.05, 0.1) is 12.1 Å². The summed E-state index contributed by atoms with van der Waals surface area (Å²) in [6, 6.07) is 0. The minimum atomic E-state index is -0.747. The van der Waals surface area contributed by atoms with Crippen LogP contribution in [0.5, 0.6) is 0 Å². The molecule has 0 aromatic rings. The molecule has 0 aromatic carbocycles. The fourth-order valence-corrected chi connectivity index (χ4v) is 6.05. The van der Waals surface area contributed by atoms with Crippen LogP contribution in [0.1, 0.15) is 26.2 Å². The SMILES string of the molecule is COCCOC1=CC[C@](C)(N2C(=O)C3CC(C2=O)C2C(CO)CC(C=O)C32)C=C1. The highest BCUT2D eigenvalue weighted by Crippen LogP contribution is 2.59. The van der Waals surface area contributed by atoms with Gasteiger partial charge in [-0.15, -0.1) is 0 Å². The second-order valence-corrected chi connectivity index (χ2v) is 8.94. The number of hydrogen-bond donors (Lipinski definition) is 1. The smallest absolute Gasteiger partial charge is 0.233 e. The molecule has 158 valence electrons. The van der Waals surface area contributed by atoms with E-state index in [4.69, 9.17) is 9.47 Å². The molecule has 3 fully saturated rings. The van der Waals surface area contributed by atoms with E-state index < -0.39 is 5.54 Å². The molecule has 4 rings (SSSR count). The van der Waals surface area contributed by atoms with Crippen LogP contribution in [-0.2, 0) is 23.9 Å². The molecule has 1 aliphatic heterocycles. The first-order chi connectivity index (χ1) is 13.9. The zero-order chi connectivity index (χ0) is 20.8. The van der Waals surface area contributed by atoms with Gasteiger partial charge >= 0.3 is 0 Å². The number of nitrogens with zero attached hydrogens (tertiary/aromatic N) is 1. The Morgan fingerprint density at radius 3 is 2.52 bits per heavy atom. The van der Waals surface area contributed by atoms with Gasteiger partial charge in [0, 0.05) is 31.5 Å². The summed E-state index contributed by atoms with van der Waals surface area (Å²) < 4.78 is 10.6. The molecule has 7 atom stereocenters. The van der Waals surface area contributed by atoms with Gasteiger partial charge in [0.2, 0.25) is 11.8 Å². The standard InChI is InChI=1S/C22H29NO6/c1-22(5-3-15(4-6-22)29-8-7-28-2)23-20(26)16-10-17(21(23)27)19-14(12-25)9-13(11-24)18(16)19/h3-5,11,13-14,16-19,25H,6-10,12H2,1-2H3/t13?,14?,16?,17?,18?,19?,22-/m1/s1. The quantitative estimate of drug-likeness (QED) is 0.391. The number of piperidine rings is 1.